The molecule has 6 N–H and O–H groups in total. The van der Waals surface area contributed by atoms with Gasteiger partial charge in [0.1, 0.15) is 17.2 Å². The second-order valence-corrected chi connectivity index (χ2v) is 9.85. The highest BCUT2D eigenvalue weighted by Gasteiger charge is 2.55. The molecule has 5 heterocycles. The highest BCUT2D eigenvalue weighted by molar-refractivity contribution is 5.95. The molecule has 12 heteroatoms. The van der Waals surface area contributed by atoms with E-state index < -0.39 is 11.7 Å². The lowest BCUT2D eigenvalue weighted by Crippen LogP contribution is -2.18. The summed E-state index contributed by atoms with van der Waals surface area (Å²) in [4.78, 5) is 20.1. The van der Waals surface area contributed by atoms with Crippen molar-refractivity contribution in [2.24, 2.45) is 5.41 Å². The molecular weight excluding hydrogens is 483 g/mol. The number of nitrogens with one attached hydrogen (secondary N) is 4. The first-order valence-electron chi connectivity index (χ1n) is 12.1. The van der Waals surface area contributed by atoms with Crippen molar-refractivity contribution in [2.45, 2.75) is 38.0 Å². The molecule has 1 saturated carbocycles. The maximum Gasteiger partial charge on any atom is 0.417 e. The van der Waals surface area contributed by atoms with E-state index in [0.717, 1.165) is 36.7 Å². The highest BCUT2D eigenvalue weighted by Crippen LogP contribution is 2.51. The summed E-state index contributed by atoms with van der Waals surface area (Å²) in [6.07, 6.45) is 3.45. The minimum Gasteiger partial charge on any atom is -0.396 e. The Labute approximate surface area is 210 Å². The Morgan fingerprint density at radius 2 is 2.03 bits per heavy atom. The number of nitrogen functional groups attached to an aromatic ring is 1. The summed E-state index contributed by atoms with van der Waals surface area (Å²) in [6.45, 7) is 4.09. The average Bonchev–Trinajstić information content (AvgIpc) is 3.19. The van der Waals surface area contributed by atoms with E-state index in [4.69, 9.17) is 5.73 Å². The van der Waals surface area contributed by atoms with Crippen LogP contribution in [0.1, 0.15) is 36.9 Å². The number of alkyl halides is 3. The maximum absolute atomic E-state index is 13.2. The van der Waals surface area contributed by atoms with Gasteiger partial charge in [-0.05, 0) is 44.0 Å². The molecule has 37 heavy (non-hydrogen) atoms. The van der Waals surface area contributed by atoms with Crippen molar-refractivity contribution < 1.29 is 13.2 Å². The smallest absolute Gasteiger partial charge is 0.396 e. The van der Waals surface area contributed by atoms with Crippen molar-refractivity contribution in [1.29, 1.82) is 0 Å². The van der Waals surface area contributed by atoms with Crippen LogP contribution in [0.25, 0.3) is 22.3 Å². The van der Waals surface area contributed by atoms with Crippen LogP contribution >= 0.6 is 0 Å². The normalized spacial score (nSPS) is 21.9. The molecule has 6 rings (SSSR count). The molecule has 2 unspecified atom stereocenters. The van der Waals surface area contributed by atoms with Crippen molar-refractivity contribution in [2.75, 3.05) is 29.5 Å². The number of rotatable bonds is 6. The van der Waals surface area contributed by atoms with E-state index in [2.05, 4.69) is 40.9 Å². The van der Waals surface area contributed by atoms with Gasteiger partial charge in [-0.25, -0.2) is 19.9 Å². The largest absolute Gasteiger partial charge is 0.417 e. The molecule has 0 radical (unpaired) electrons. The number of nitrogens with zero attached hydrogens (tertiary/aromatic N) is 4. The van der Waals surface area contributed by atoms with Crippen molar-refractivity contribution in [3.8, 4) is 11.3 Å². The van der Waals surface area contributed by atoms with Crippen LogP contribution in [0, 0.1) is 5.41 Å². The summed E-state index contributed by atoms with van der Waals surface area (Å²) in [6, 6.07) is 5.29. The van der Waals surface area contributed by atoms with E-state index in [1.165, 1.54) is 19.0 Å². The average molecular weight is 510 g/mol. The van der Waals surface area contributed by atoms with E-state index >= 15 is 0 Å². The second-order valence-electron chi connectivity index (χ2n) is 9.85. The number of hydrogen-bond acceptors (Lipinski definition) is 8. The van der Waals surface area contributed by atoms with Gasteiger partial charge >= 0.3 is 6.18 Å². The zero-order valence-electron chi connectivity index (χ0n) is 20.0. The zero-order chi connectivity index (χ0) is 25.8. The molecule has 1 spiro atoms. The molecule has 3 atom stereocenters. The van der Waals surface area contributed by atoms with Crippen LogP contribution in [0.2, 0.25) is 0 Å². The van der Waals surface area contributed by atoms with E-state index in [1.54, 1.807) is 6.20 Å². The number of H-pyrrole nitrogens is 1. The molecule has 0 bridgehead atoms. The van der Waals surface area contributed by atoms with Gasteiger partial charge in [0.2, 0.25) is 5.95 Å². The molecule has 1 aliphatic heterocycles. The SMILES string of the molecule is CC(Nc1ncc(N)c(-c2c[nH]c3ncc(C(F)(F)F)cc23)n1)c1ccc(NC2C[C@@]23CCNC3)nc1. The highest BCUT2D eigenvalue weighted by atomic mass is 19.4. The predicted molar refractivity (Wildman–Crippen MR) is 135 cm³/mol. The zero-order valence-corrected chi connectivity index (χ0v) is 20.0. The fraction of sp³-hybridized carbons (Fsp3) is 0.360. The number of fused-ring (bicyclic) bond motifs is 1. The second kappa shape index (κ2) is 8.58. The monoisotopic (exact) mass is 509 g/mol. The Morgan fingerprint density at radius 3 is 2.76 bits per heavy atom. The molecule has 1 saturated heterocycles. The van der Waals surface area contributed by atoms with Gasteiger partial charge in [0, 0.05) is 47.5 Å². The van der Waals surface area contributed by atoms with Gasteiger partial charge in [-0.2, -0.15) is 13.2 Å². The van der Waals surface area contributed by atoms with Crippen LogP contribution in [-0.4, -0.2) is 44.1 Å². The molecule has 192 valence electrons. The van der Waals surface area contributed by atoms with Crippen LogP contribution in [0.4, 0.5) is 30.6 Å². The fourth-order valence-electron chi connectivity index (χ4n) is 5.02. The number of nitrogens with two attached hydrogens (primary N) is 1. The van der Waals surface area contributed by atoms with Crippen molar-refractivity contribution >= 4 is 28.5 Å². The summed E-state index contributed by atoms with van der Waals surface area (Å²) >= 11 is 0. The fourth-order valence-corrected chi connectivity index (χ4v) is 5.02. The molecule has 2 fully saturated rings. The van der Waals surface area contributed by atoms with Crippen LogP contribution < -0.4 is 21.7 Å². The number of aromatic amines is 1. The number of anilines is 3. The van der Waals surface area contributed by atoms with Crippen LogP contribution in [0.5, 0.6) is 0 Å². The summed E-state index contributed by atoms with van der Waals surface area (Å²) < 4.78 is 39.7. The van der Waals surface area contributed by atoms with Gasteiger partial charge in [0.25, 0.3) is 0 Å². The molecule has 4 aromatic heterocycles. The third-order valence-electron chi connectivity index (χ3n) is 7.35. The summed E-state index contributed by atoms with van der Waals surface area (Å²) in [5, 5.41) is 10.5. The van der Waals surface area contributed by atoms with Gasteiger partial charge in [-0.15, -0.1) is 0 Å². The van der Waals surface area contributed by atoms with E-state index in [0.29, 0.717) is 34.3 Å². The summed E-state index contributed by atoms with van der Waals surface area (Å²) in [7, 11) is 0. The lowest BCUT2D eigenvalue weighted by atomic mass is 10.1. The number of aromatic nitrogens is 5. The molecule has 9 nitrogen and oxygen atoms in total. The first-order valence-corrected chi connectivity index (χ1v) is 12.1. The Kier molecular flexibility index (Phi) is 5.44. The van der Waals surface area contributed by atoms with Crippen LogP contribution in [0.3, 0.4) is 0 Å². The van der Waals surface area contributed by atoms with Gasteiger partial charge in [0.05, 0.1) is 23.5 Å². The Hall–Kier alpha value is -3.93. The minimum absolute atomic E-state index is 0.175. The molecule has 0 aromatic carbocycles. The number of pyridine rings is 2. The quantitative estimate of drug-likeness (QED) is 0.259. The standard InChI is InChI=1S/C25H26F3N9/c1-13(14-2-3-20(31-8-14)36-19-7-24(19)4-5-30-12-24)35-23-34-11-18(29)21(37-23)17-10-33-22-16(17)6-15(9-32-22)25(26,27)28/h2-3,6,8-11,13,19,30H,4-5,7,12,29H2,1H3,(H,31,36)(H,32,33)(H,34,35,37)/t13?,19?,24-/m1/s1. The molecule has 2 aliphatic rings. The van der Waals surface area contributed by atoms with Crippen molar-refractivity contribution in [3.05, 3.63) is 54.1 Å². The topological polar surface area (TPSA) is 129 Å². The third-order valence-corrected chi connectivity index (χ3v) is 7.35. The van der Waals surface area contributed by atoms with Gasteiger partial charge in [-0.3, -0.25) is 0 Å². The summed E-state index contributed by atoms with van der Waals surface area (Å²) in [5.74, 6) is 1.14. The van der Waals surface area contributed by atoms with E-state index in [1.807, 2.05) is 25.3 Å². The van der Waals surface area contributed by atoms with E-state index in [-0.39, 0.29) is 17.1 Å². The predicted octanol–water partition coefficient (Wildman–Crippen LogP) is 4.35. The first-order chi connectivity index (χ1) is 17.7. The molecule has 0 amide bonds. The lowest BCUT2D eigenvalue weighted by molar-refractivity contribution is -0.137. The maximum atomic E-state index is 13.2. The van der Waals surface area contributed by atoms with Crippen molar-refractivity contribution in [3.63, 3.8) is 0 Å². The van der Waals surface area contributed by atoms with Gasteiger partial charge in [0.15, 0.2) is 0 Å². The first kappa shape index (κ1) is 23.5. The Bertz CT molecular complexity index is 1440. The summed E-state index contributed by atoms with van der Waals surface area (Å²) in [5.41, 5.74) is 7.87. The number of hydrogen-bond donors (Lipinski definition) is 5. The Morgan fingerprint density at radius 1 is 1.16 bits per heavy atom. The number of halogens is 3. The Balaban J connectivity index is 1.19. The van der Waals surface area contributed by atoms with Crippen molar-refractivity contribution in [1.82, 2.24) is 30.2 Å². The minimum atomic E-state index is -4.51. The molecule has 4 aromatic rings. The molecule has 1 aliphatic carbocycles. The van der Waals surface area contributed by atoms with Gasteiger partial charge in [-0.1, -0.05) is 6.07 Å². The third kappa shape index (κ3) is 4.41. The van der Waals surface area contributed by atoms with E-state index in [9.17, 15) is 13.2 Å². The molecular formula is C25H26F3N9. The van der Waals surface area contributed by atoms with Gasteiger partial charge < -0.3 is 26.7 Å². The van der Waals surface area contributed by atoms with Crippen LogP contribution in [0.15, 0.2) is 43.0 Å². The lowest BCUT2D eigenvalue weighted by Gasteiger charge is -2.16. The van der Waals surface area contributed by atoms with Crippen LogP contribution in [-0.2, 0) is 6.18 Å².